The summed E-state index contributed by atoms with van der Waals surface area (Å²) in [4.78, 5) is 22.9. The fraction of sp³-hybridized carbons (Fsp3) is 0.391. The second-order valence-corrected chi connectivity index (χ2v) is 8.47. The summed E-state index contributed by atoms with van der Waals surface area (Å²) in [5, 5.41) is 3.76. The SMILES string of the molecule is CC(C)Oc1ccc(CNC(=O)C2CCCN(c3nc4ccc(Cl)cc4[nH]3)C2)cc1. The summed E-state index contributed by atoms with van der Waals surface area (Å²) in [5.74, 6) is 1.67. The van der Waals surface area contributed by atoms with E-state index in [0.29, 0.717) is 18.1 Å². The number of carbonyl (C=O) groups is 1. The number of fused-ring (bicyclic) bond motifs is 1. The molecule has 158 valence electrons. The van der Waals surface area contributed by atoms with Gasteiger partial charge in [-0.25, -0.2) is 4.98 Å². The summed E-state index contributed by atoms with van der Waals surface area (Å²) >= 11 is 6.07. The van der Waals surface area contributed by atoms with Crippen LogP contribution in [0.3, 0.4) is 0 Å². The average molecular weight is 427 g/mol. The molecular weight excluding hydrogens is 400 g/mol. The molecule has 1 unspecified atom stereocenters. The number of nitrogens with one attached hydrogen (secondary N) is 2. The molecule has 2 N–H and O–H groups in total. The minimum atomic E-state index is -0.0564. The van der Waals surface area contributed by atoms with E-state index in [9.17, 15) is 4.79 Å². The number of piperidine rings is 1. The van der Waals surface area contributed by atoms with Crippen LogP contribution in [0.25, 0.3) is 11.0 Å². The molecule has 2 aromatic carbocycles. The van der Waals surface area contributed by atoms with Gasteiger partial charge in [-0.3, -0.25) is 4.79 Å². The van der Waals surface area contributed by atoms with Gasteiger partial charge in [-0.15, -0.1) is 0 Å². The lowest BCUT2D eigenvalue weighted by molar-refractivity contribution is -0.125. The number of H-pyrrole nitrogens is 1. The number of aromatic amines is 1. The van der Waals surface area contributed by atoms with E-state index in [1.165, 1.54) is 0 Å². The van der Waals surface area contributed by atoms with Crippen LogP contribution in [0.2, 0.25) is 5.02 Å². The Balaban J connectivity index is 1.35. The number of halogens is 1. The van der Waals surface area contributed by atoms with Crippen molar-refractivity contribution < 1.29 is 9.53 Å². The lowest BCUT2D eigenvalue weighted by Crippen LogP contribution is -2.43. The lowest BCUT2D eigenvalue weighted by atomic mass is 9.97. The number of hydrogen-bond acceptors (Lipinski definition) is 4. The molecule has 1 atom stereocenters. The molecule has 0 bridgehead atoms. The summed E-state index contributed by atoms with van der Waals surface area (Å²) < 4.78 is 5.66. The standard InChI is InChI=1S/C23H27ClN4O2/c1-15(2)30-19-8-5-16(6-9-19)13-25-22(29)17-4-3-11-28(14-17)23-26-20-10-7-18(24)12-21(20)27-23/h5-10,12,15,17H,3-4,11,13-14H2,1-2H3,(H,25,29)(H,26,27). The fourth-order valence-corrected chi connectivity index (χ4v) is 3.97. The van der Waals surface area contributed by atoms with E-state index in [4.69, 9.17) is 16.3 Å². The first kappa shape index (κ1) is 20.5. The molecule has 1 amide bonds. The van der Waals surface area contributed by atoms with Crippen LogP contribution < -0.4 is 15.0 Å². The van der Waals surface area contributed by atoms with Crippen molar-refractivity contribution in [1.29, 1.82) is 0 Å². The maximum atomic E-state index is 12.8. The van der Waals surface area contributed by atoms with Crippen LogP contribution in [0, 0.1) is 5.92 Å². The number of anilines is 1. The first-order valence-corrected chi connectivity index (χ1v) is 10.8. The molecular formula is C23H27ClN4O2. The van der Waals surface area contributed by atoms with Gasteiger partial charge < -0.3 is 19.9 Å². The zero-order valence-corrected chi connectivity index (χ0v) is 18.1. The number of amides is 1. The van der Waals surface area contributed by atoms with Crippen molar-refractivity contribution >= 4 is 34.5 Å². The van der Waals surface area contributed by atoms with Gasteiger partial charge in [0.05, 0.1) is 23.1 Å². The molecule has 1 saturated heterocycles. The highest BCUT2D eigenvalue weighted by Gasteiger charge is 2.27. The second-order valence-electron chi connectivity index (χ2n) is 8.04. The Morgan fingerprint density at radius 2 is 2.10 bits per heavy atom. The Hall–Kier alpha value is -2.73. The molecule has 7 heteroatoms. The molecule has 1 aliphatic heterocycles. The average Bonchev–Trinajstić information content (AvgIpc) is 3.16. The molecule has 30 heavy (non-hydrogen) atoms. The smallest absolute Gasteiger partial charge is 0.225 e. The minimum absolute atomic E-state index is 0.0564. The van der Waals surface area contributed by atoms with Crippen molar-refractivity contribution in [3.63, 3.8) is 0 Å². The highest BCUT2D eigenvalue weighted by molar-refractivity contribution is 6.31. The summed E-state index contributed by atoms with van der Waals surface area (Å²) in [6.45, 7) is 6.06. The van der Waals surface area contributed by atoms with Crippen LogP contribution in [-0.2, 0) is 11.3 Å². The Morgan fingerprint density at radius 3 is 2.87 bits per heavy atom. The predicted octanol–water partition coefficient (Wildman–Crippen LogP) is 4.54. The summed E-state index contributed by atoms with van der Waals surface area (Å²) in [6, 6.07) is 13.5. The molecule has 0 spiro atoms. The third kappa shape index (κ3) is 4.87. The van der Waals surface area contributed by atoms with Crippen molar-refractivity contribution in [2.75, 3.05) is 18.0 Å². The molecule has 0 radical (unpaired) electrons. The lowest BCUT2D eigenvalue weighted by Gasteiger charge is -2.31. The van der Waals surface area contributed by atoms with Gasteiger partial charge >= 0.3 is 0 Å². The van der Waals surface area contributed by atoms with E-state index in [0.717, 1.165) is 47.7 Å². The van der Waals surface area contributed by atoms with E-state index >= 15 is 0 Å². The summed E-state index contributed by atoms with van der Waals surface area (Å²) in [5.41, 5.74) is 2.85. The van der Waals surface area contributed by atoms with Gasteiger partial charge in [-0.1, -0.05) is 23.7 Å². The molecule has 2 heterocycles. The van der Waals surface area contributed by atoms with E-state index in [1.807, 2.05) is 56.3 Å². The molecule has 6 nitrogen and oxygen atoms in total. The topological polar surface area (TPSA) is 70.2 Å². The number of nitrogens with zero attached hydrogens (tertiary/aromatic N) is 2. The molecule has 0 aliphatic carbocycles. The molecule has 3 aromatic rings. The third-order valence-electron chi connectivity index (χ3n) is 5.29. The third-order valence-corrected chi connectivity index (χ3v) is 5.52. The number of rotatable bonds is 6. The van der Waals surface area contributed by atoms with Crippen LogP contribution in [-0.4, -0.2) is 35.1 Å². The fourth-order valence-electron chi connectivity index (χ4n) is 3.79. The van der Waals surface area contributed by atoms with Crippen LogP contribution >= 0.6 is 11.6 Å². The monoisotopic (exact) mass is 426 g/mol. The number of imidazole rings is 1. The van der Waals surface area contributed by atoms with Gasteiger partial charge in [-0.2, -0.15) is 0 Å². The summed E-state index contributed by atoms with van der Waals surface area (Å²) in [7, 11) is 0. The van der Waals surface area contributed by atoms with Crippen LogP contribution in [0.1, 0.15) is 32.3 Å². The van der Waals surface area contributed by atoms with Gasteiger partial charge in [0, 0.05) is 24.7 Å². The highest BCUT2D eigenvalue weighted by Crippen LogP contribution is 2.25. The van der Waals surface area contributed by atoms with E-state index in [-0.39, 0.29) is 17.9 Å². The molecule has 1 aliphatic rings. The molecule has 4 rings (SSSR count). The number of aromatic nitrogens is 2. The molecule has 0 saturated carbocycles. The minimum Gasteiger partial charge on any atom is -0.491 e. The quantitative estimate of drug-likeness (QED) is 0.607. The molecule has 1 aromatic heterocycles. The zero-order chi connectivity index (χ0) is 21.1. The molecule has 1 fully saturated rings. The zero-order valence-electron chi connectivity index (χ0n) is 17.3. The van der Waals surface area contributed by atoms with Crippen molar-refractivity contribution in [2.45, 2.75) is 39.3 Å². The van der Waals surface area contributed by atoms with E-state index < -0.39 is 0 Å². The number of hydrogen-bond donors (Lipinski definition) is 2. The van der Waals surface area contributed by atoms with Crippen molar-refractivity contribution in [3.8, 4) is 5.75 Å². The van der Waals surface area contributed by atoms with Crippen molar-refractivity contribution in [1.82, 2.24) is 15.3 Å². The maximum absolute atomic E-state index is 12.8. The number of ether oxygens (including phenoxy) is 1. The van der Waals surface area contributed by atoms with Gasteiger partial charge in [0.25, 0.3) is 0 Å². The Kier molecular flexibility index (Phi) is 6.13. The van der Waals surface area contributed by atoms with Crippen molar-refractivity contribution in [3.05, 3.63) is 53.1 Å². The van der Waals surface area contributed by atoms with Gasteiger partial charge in [0.2, 0.25) is 11.9 Å². The first-order chi connectivity index (χ1) is 14.5. The van der Waals surface area contributed by atoms with Crippen LogP contribution in [0.5, 0.6) is 5.75 Å². The predicted molar refractivity (Wildman–Crippen MR) is 120 cm³/mol. The normalized spacial score (nSPS) is 16.8. The van der Waals surface area contributed by atoms with Gasteiger partial charge in [0.1, 0.15) is 5.75 Å². The Morgan fingerprint density at radius 1 is 1.30 bits per heavy atom. The first-order valence-electron chi connectivity index (χ1n) is 10.4. The highest BCUT2D eigenvalue weighted by atomic mass is 35.5. The van der Waals surface area contributed by atoms with E-state index in [1.54, 1.807) is 0 Å². The number of carbonyl (C=O) groups excluding carboxylic acids is 1. The van der Waals surface area contributed by atoms with Crippen molar-refractivity contribution in [2.24, 2.45) is 5.92 Å². The summed E-state index contributed by atoms with van der Waals surface area (Å²) in [6.07, 6.45) is 1.99. The van der Waals surface area contributed by atoms with Crippen LogP contribution in [0.15, 0.2) is 42.5 Å². The van der Waals surface area contributed by atoms with Gasteiger partial charge in [-0.05, 0) is 62.6 Å². The van der Waals surface area contributed by atoms with Crippen LogP contribution in [0.4, 0.5) is 5.95 Å². The number of benzene rings is 2. The second kappa shape index (κ2) is 8.96. The Bertz CT molecular complexity index is 1020. The van der Waals surface area contributed by atoms with E-state index in [2.05, 4.69) is 20.2 Å². The largest absolute Gasteiger partial charge is 0.491 e. The Labute approximate surface area is 181 Å². The van der Waals surface area contributed by atoms with Gasteiger partial charge in [0.15, 0.2) is 0 Å². The maximum Gasteiger partial charge on any atom is 0.225 e.